The number of carbonyl (C=O) groups is 2. The zero-order chi connectivity index (χ0) is 29.1. The number of aliphatic carboxylic acids is 1. The van der Waals surface area contributed by atoms with E-state index in [1.54, 1.807) is 12.3 Å². The van der Waals surface area contributed by atoms with Crippen LogP contribution < -0.4 is 9.47 Å². The van der Waals surface area contributed by atoms with Gasteiger partial charge in [0.1, 0.15) is 17.3 Å². The van der Waals surface area contributed by atoms with E-state index in [-0.39, 0.29) is 11.6 Å². The average Bonchev–Trinajstić information content (AvgIpc) is 3.57. The highest BCUT2D eigenvalue weighted by Gasteiger charge is 2.30. The van der Waals surface area contributed by atoms with Crippen LogP contribution in [0.5, 0.6) is 11.5 Å². The van der Waals surface area contributed by atoms with Crippen molar-refractivity contribution in [1.82, 2.24) is 9.55 Å². The number of H-pyrrole nitrogens is 1. The number of hydrogen-bond acceptors (Lipinski definition) is 4. The van der Waals surface area contributed by atoms with Crippen LogP contribution in [0.25, 0.3) is 21.8 Å². The van der Waals surface area contributed by atoms with Crippen LogP contribution in [0.4, 0.5) is 4.39 Å². The molecule has 2 heterocycles. The summed E-state index contributed by atoms with van der Waals surface area (Å²) in [7, 11) is 0. The lowest BCUT2D eigenvalue weighted by molar-refractivity contribution is -0.152. The Morgan fingerprint density at radius 2 is 1.78 bits per heavy atom. The quantitative estimate of drug-likeness (QED) is 0.126. The van der Waals surface area contributed by atoms with E-state index in [0.717, 1.165) is 52.4 Å². The first kappa shape index (κ1) is 28.0. The number of carboxylic acid groups (broad SMARTS) is 1. The van der Waals surface area contributed by atoms with Crippen molar-refractivity contribution in [3.05, 3.63) is 95.6 Å². The van der Waals surface area contributed by atoms with Crippen molar-refractivity contribution in [1.29, 1.82) is 0 Å². The standard InChI is InChI=1S/C33H33FN2O5/c1-4-7-25-28(15-14-23-26(20-35-30(23)25)31(37)21-10-12-22(34)13-11-21)40-19-6-17-36-18-16-24-27(36)8-5-9-29(24)41-33(2,3)32(38)39/h5,8-16,18,20,35H,4,6-7,17,19H2,1-3H3,(H,38,39). The number of rotatable bonds is 12. The van der Waals surface area contributed by atoms with E-state index in [1.807, 2.05) is 36.5 Å². The zero-order valence-electron chi connectivity index (χ0n) is 23.4. The molecule has 5 rings (SSSR count). The van der Waals surface area contributed by atoms with Gasteiger partial charge in [-0.25, -0.2) is 9.18 Å². The van der Waals surface area contributed by atoms with Gasteiger partial charge in [0.2, 0.25) is 0 Å². The van der Waals surface area contributed by atoms with Gasteiger partial charge in [0.25, 0.3) is 0 Å². The Labute approximate surface area is 237 Å². The van der Waals surface area contributed by atoms with E-state index in [1.165, 1.54) is 38.1 Å². The monoisotopic (exact) mass is 556 g/mol. The molecule has 8 heteroatoms. The predicted octanol–water partition coefficient (Wildman–Crippen LogP) is 7.16. The maximum Gasteiger partial charge on any atom is 0.347 e. The van der Waals surface area contributed by atoms with Gasteiger partial charge < -0.3 is 24.1 Å². The number of nitrogens with zero attached hydrogens (tertiary/aromatic N) is 1. The first-order valence-corrected chi connectivity index (χ1v) is 13.8. The number of carbonyl (C=O) groups excluding carboxylic acids is 1. The SMILES string of the molecule is CCCc1c(OCCCn2ccc3c(OC(C)(C)C(=O)O)cccc32)ccc2c(C(=O)c3ccc(F)cc3)c[nH]c12. The molecule has 7 nitrogen and oxygen atoms in total. The number of benzene rings is 3. The number of aromatic amines is 1. The molecule has 0 amide bonds. The molecule has 0 aliphatic rings. The molecule has 0 spiro atoms. The lowest BCUT2D eigenvalue weighted by atomic mass is 9.99. The number of fused-ring (bicyclic) bond motifs is 2. The van der Waals surface area contributed by atoms with Crippen molar-refractivity contribution in [3.8, 4) is 11.5 Å². The molecule has 0 unspecified atom stereocenters. The molecule has 5 aromatic rings. The number of hydrogen-bond donors (Lipinski definition) is 2. The minimum atomic E-state index is -1.34. The normalized spacial score (nSPS) is 11.7. The second-order valence-corrected chi connectivity index (χ2v) is 10.6. The Morgan fingerprint density at radius 1 is 1.00 bits per heavy atom. The van der Waals surface area contributed by atoms with Gasteiger partial charge in [0, 0.05) is 46.4 Å². The summed E-state index contributed by atoms with van der Waals surface area (Å²) in [6, 6.07) is 17.0. The van der Waals surface area contributed by atoms with Gasteiger partial charge in [-0.3, -0.25) is 4.79 Å². The van der Waals surface area contributed by atoms with Crippen molar-refractivity contribution in [2.45, 2.75) is 52.2 Å². The lowest BCUT2D eigenvalue weighted by Gasteiger charge is -2.22. The fraction of sp³-hybridized carbons (Fsp3) is 0.273. The second kappa shape index (κ2) is 11.5. The van der Waals surface area contributed by atoms with Crippen molar-refractivity contribution in [2.75, 3.05) is 6.61 Å². The van der Waals surface area contributed by atoms with Crippen LogP contribution in [0, 0.1) is 5.82 Å². The average molecular weight is 557 g/mol. The third-order valence-corrected chi connectivity index (χ3v) is 7.23. The van der Waals surface area contributed by atoms with Crippen LogP contribution >= 0.6 is 0 Å². The van der Waals surface area contributed by atoms with Gasteiger partial charge in [-0.2, -0.15) is 0 Å². The molecule has 0 bridgehead atoms. The second-order valence-electron chi connectivity index (χ2n) is 10.6. The zero-order valence-corrected chi connectivity index (χ0v) is 23.4. The van der Waals surface area contributed by atoms with Gasteiger partial charge in [0.05, 0.1) is 17.6 Å². The Kier molecular flexibility index (Phi) is 7.83. The summed E-state index contributed by atoms with van der Waals surface area (Å²) in [5.41, 5.74) is 2.51. The molecule has 0 radical (unpaired) electrons. The molecule has 0 atom stereocenters. The summed E-state index contributed by atoms with van der Waals surface area (Å²) in [5.74, 6) is -0.249. The summed E-state index contributed by atoms with van der Waals surface area (Å²) in [5, 5.41) is 11.1. The van der Waals surface area contributed by atoms with E-state index in [0.29, 0.717) is 30.0 Å². The van der Waals surface area contributed by atoms with E-state index in [4.69, 9.17) is 9.47 Å². The summed E-state index contributed by atoms with van der Waals surface area (Å²) in [4.78, 5) is 27.9. The number of ether oxygens (including phenoxy) is 2. The van der Waals surface area contributed by atoms with Gasteiger partial charge in [-0.1, -0.05) is 19.4 Å². The Hall–Kier alpha value is -4.59. The van der Waals surface area contributed by atoms with Crippen molar-refractivity contribution >= 4 is 33.6 Å². The molecule has 2 aromatic heterocycles. The molecule has 0 fully saturated rings. The maximum absolute atomic E-state index is 13.3. The smallest absolute Gasteiger partial charge is 0.347 e. The number of ketones is 1. The van der Waals surface area contributed by atoms with Gasteiger partial charge >= 0.3 is 5.97 Å². The third-order valence-electron chi connectivity index (χ3n) is 7.23. The van der Waals surface area contributed by atoms with Crippen molar-refractivity contribution < 1.29 is 28.6 Å². The molecule has 2 N–H and O–H groups in total. The number of carboxylic acids is 1. The fourth-order valence-electron chi connectivity index (χ4n) is 5.03. The van der Waals surface area contributed by atoms with Crippen molar-refractivity contribution in [3.63, 3.8) is 0 Å². The molecule has 0 aliphatic carbocycles. The molecule has 41 heavy (non-hydrogen) atoms. The van der Waals surface area contributed by atoms with Crippen LogP contribution in [0.15, 0.2) is 73.1 Å². The topological polar surface area (TPSA) is 93.5 Å². The summed E-state index contributed by atoms with van der Waals surface area (Å²) >= 11 is 0. The van der Waals surface area contributed by atoms with Gasteiger partial charge in [-0.15, -0.1) is 0 Å². The van der Waals surface area contributed by atoms with Crippen LogP contribution in [0.2, 0.25) is 0 Å². The first-order valence-electron chi connectivity index (χ1n) is 13.8. The molecule has 3 aromatic carbocycles. The minimum Gasteiger partial charge on any atom is -0.493 e. The Morgan fingerprint density at radius 3 is 2.51 bits per heavy atom. The van der Waals surface area contributed by atoms with Crippen LogP contribution in [0.3, 0.4) is 0 Å². The number of halogens is 1. The van der Waals surface area contributed by atoms with Gasteiger partial charge in [0.15, 0.2) is 11.4 Å². The molecular weight excluding hydrogens is 523 g/mol. The van der Waals surface area contributed by atoms with E-state index < -0.39 is 11.6 Å². The highest BCUT2D eigenvalue weighted by molar-refractivity contribution is 6.16. The number of aromatic nitrogens is 2. The predicted molar refractivity (Wildman–Crippen MR) is 157 cm³/mol. The van der Waals surface area contributed by atoms with E-state index in [9.17, 15) is 19.1 Å². The summed E-state index contributed by atoms with van der Waals surface area (Å²) in [6.45, 7) is 6.36. The lowest BCUT2D eigenvalue weighted by Crippen LogP contribution is -2.37. The Bertz CT molecular complexity index is 1720. The van der Waals surface area contributed by atoms with Crippen molar-refractivity contribution in [2.24, 2.45) is 0 Å². The maximum atomic E-state index is 13.3. The summed E-state index contributed by atoms with van der Waals surface area (Å²) < 4.78 is 27.5. The van der Waals surface area contributed by atoms with Crippen LogP contribution in [-0.2, 0) is 17.8 Å². The molecule has 0 saturated carbocycles. The van der Waals surface area contributed by atoms with E-state index in [2.05, 4.69) is 16.5 Å². The van der Waals surface area contributed by atoms with Crippen LogP contribution in [0.1, 0.15) is 55.1 Å². The number of aryl methyl sites for hydroxylation is 2. The van der Waals surface area contributed by atoms with Crippen LogP contribution in [-0.4, -0.2) is 38.6 Å². The fourth-order valence-corrected chi connectivity index (χ4v) is 5.03. The molecule has 0 saturated heterocycles. The van der Waals surface area contributed by atoms with Gasteiger partial charge in [-0.05, 0) is 81.3 Å². The van der Waals surface area contributed by atoms with E-state index >= 15 is 0 Å². The third kappa shape index (κ3) is 5.68. The largest absolute Gasteiger partial charge is 0.493 e. The number of nitrogens with one attached hydrogen (secondary N) is 1. The molecule has 0 aliphatic heterocycles. The first-order chi connectivity index (χ1) is 19.7. The summed E-state index contributed by atoms with van der Waals surface area (Å²) in [6.07, 6.45) is 6.13. The molecular formula is C33H33FN2O5. The Balaban J connectivity index is 1.29. The molecule has 212 valence electrons. The highest BCUT2D eigenvalue weighted by atomic mass is 19.1. The highest BCUT2D eigenvalue weighted by Crippen LogP contribution is 2.33. The minimum absolute atomic E-state index is 0.161.